The maximum atomic E-state index is 11.7. The van der Waals surface area contributed by atoms with Gasteiger partial charge in [0.25, 0.3) is 0 Å². The molecule has 0 saturated heterocycles. The van der Waals surface area contributed by atoms with E-state index in [9.17, 15) is 4.79 Å². The van der Waals surface area contributed by atoms with Gasteiger partial charge in [0.2, 0.25) is 0 Å². The minimum Gasteiger partial charge on any atom is -0.466 e. The van der Waals surface area contributed by atoms with E-state index in [1.807, 2.05) is 12.2 Å². The smallest absolute Gasteiger partial charge is 0.334 e. The molecule has 0 N–H and O–H groups in total. The van der Waals surface area contributed by atoms with Gasteiger partial charge in [-0.15, -0.1) is 0 Å². The molecule has 88 valence electrons. The summed E-state index contributed by atoms with van der Waals surface area (Å²) >= 11 is 2.49. The molecule has 0 amide bonds. The second kappa shape index (κ2) is 4.51. The van der Waals surface area contributed by atoms with Crippen molar-refractivity contribution in [2.24, 2.45) is 11.3 Å². The molecule has 0 aromatic carbocycles. The lowest BCUT2D eigenvalue weighted by Crippen LogP contribution is -2.37. The van der Waals surface area contributed by atoms with E-state index in [2.05, 4.69) is 35.6 Å². The Morgan fingerprint density at radius 2 is 2.38 bits per heavy atom. The molecule has 2 aliphatic carbocycles. The second-order valence-corrected chi connectivity index (χ2v) is 6.66. The molecule has 3 atom stereocenters. The number of rotatable bonds is 1. The zero-order chi connectivity index (χ0) is 11.8. The standard InChI is InChI=1S/C13H17IO2/c1-13-6-3-4-10(12(15)16-2)11(13)8-9(14)5-7-13/h3-4,6,9,11H,5,7-8H2,1-2H3/t9-,11+,13+/m1/s1. The SMILES string of the molecule is COC(=O)C1=CC=C[C@@]2(C)CC[C@@H](I)C[C@@H]12. The van der Waals surface area contributed by atoms with Crippen LogP contribution < -0.4 is 0 Å². The highest BCUT2D eigenvalue weighted by atomic mass is 127. The van der Waals surface area contributed by atoms with Crippen LogP contribution in [-0.4, -0.2) is 17.0 Å². The number of esters is 1. The van der Waals surface area contributed by atoms with Gasteiger partial charge in [0.15, 0.2) is 0 Å². The van der Waals surface area contributed by atoms with Gasteiger partial charge in [0, 0.05) is 15.4 Å². The summed E-state index contributed by atoms with van der Waals surface area (Å²) < 4.78 is 5.55. The minimum atomic E-state index is -0.161. The number of ether oxygens (including phenoxy) is 1. The van der Waals surface area contributed by atoms with Gasteiger partial charge in [-0.05, 0) is 24.7 Å². The number of fused-ring (bicyclic) bond motifs is 1. The molecule has 2 nitrogen and oxygen atoms in total. The van der Waals surface area contributed by atoms with Crippen LogP contribution in [0.25, 0.3) is 0 Å². The van der Waals surface area contributed by atoms with Crippen molar-refractivity contribution in [3.05, 3.63) is 23.8 Å². The molecule has 0 heterocycles. The van der Waals surface area contributed by atoms with E-state index in [1.165, 1.54) is 13.5 Å². The third kappa shape index (κ3) is 2.06. The van der Waals surface area contributed by atoms with Crippen LogP contribution in [0.4, 0.5) is 0 Å². The third-order valence-corrected chi connectivity index (χ3v) is 4.96. The highest BCUT2D eigenvalue weighted by molar-refractivity contribution is 14.1. The fourth-order valence-corrected chi connectivity index (χ4v) is 3.60. The first kappa shape index (κ1) is 12.1. The van der Waals surface area contributed by atoms with Gasteiger partial charge >= 0.3 is 5.97 Å². The Balaban J connectivity index is 2.30. The van der Waals surface area contributed by atoms with Crippen molar-refractivity contribution >= 4 is 28.6 Å². The molecule has 0 bridgehead atoms. The number of hydrogen-bond acceptors (Lipinski definition) is 2. The van der Waals surface area contributed by atoms with E-state index < -0.39 is 0 Å². The Hall–Kier alpha value is -0.320. The number of alkyl halides is 1. The molecule has 0 aromatic heterocycles. The number of carbonyl (C=O) groups excluding carboxylic acids is 1. The molecule has 0 aliphatic heterocycles. The molecule has 3 heteroatoms. The Bertz CT molecular complexity index is 359. The largest absolute Gasteiger partial charge is 0.466 e. The lowest BCUT2D eigenvalue weighted by atomic mass is 9.63. The van der Waals surface area contributed by atoms with Gasteiger partial charge in [-0.25, -0.2) is 4.79 Å². The zero-order valence-corrected chi connectivity index (χ0v) is 11.9. The number of halogens is 1. The maximum absolute atomic E-state index is 11.7. The summed E-state index contributed by atoms with van der Waals surface area (Å²) in [5, 5.41) is 0. The summed E-state index contributed by atoms with van der Waals surface area (Å²) in [6.45, 7) is 2.26. The van der Waals surface area contributed by atoms with E-state index in [-0.39, 0.29) is 11.4 Å². The normalized spacial score (nSPS) is 37.6. The van der Waals surface area contributed by atoms with Gasteiger partial charge in [-0.2, -0.15) is 0 Å². The fraction of sp³-hybridized carbons (Fsp3) is 0.615. The van der Waals surface area contributed by atoms with Crippen LogP contribution in [0.3, 0.4) is 0 Å². The molecule has 0 unspecified atom stereocenters. The predicted molar refractivity (Wildman–Crippen MR) is 72.5 cm³/mol. The Morgan fingerprint density at radius 3 is 3.06 bits per heavy atom. The van der Waals surface area contributed by atoms with Crippen LogP contribution in [0.15, 0.2) is 23.8 Å². The van der Waals surface area contributed by atoms with Crippen molar-refractivity contribution in [2.45, 2.75) is 30.1 Å². The topological polar surface area (TPSA) is 26.3 Å². The third-order valence-electron chi connectivity index (χ3n) is 3.83. The van der Waals surface area contributed by atoms with Crippen molar-refractivity contribution in [3.63, 3.8) is 0 Å². The summed E-state index contributed by atoms with van der Waals surface area (Å²) in [5.41, 5.74) is 1.01. The quantitative estimate of drug-likeness (QED) is 0.419. The van der Waals surface area contributed by atoms with E-state index in [0.29, 0.717) is 9.84 Å². The zero-order valence-electron chi connectivity index (χ0n) is 9.70. The number of hydrogen-bond donors (Lipinski definition) is 0. The Labute approximate surface area is 110 Å². The van der Waals surface area contributed by atoms with Gasteiger partial charge in [-0.3, -0.25) is 0 Å². The molecule has 0 aromatic rings. The minimum absolute atomic E-state index is 0.153. The molecule has 1 saturated carbocycles. The van der Waals surface area contributed by atoms with Gasteiger partial charge < -0.3 is 4.74 Å². The molecule has 16 heavy (non-hydrogen) atoms. The summed E-state index contributed by atoms with van der Waals surface area (Å²) in [6, 6.07) is 0. The number of allylic oxidation sites excluding steroid dienone is 3. The Morgan fingerprint density at radius 1 is 1.62 bits per heavy atom. The highest BCUT2D eigenvalue weighted by Crippen LogP contribution is 2.49. The molecular weight excluding hydrogens is 315 g/mol. The summed E-state index contributed by atoms with van der Waals surface area (Å²) in [7, 11) is 1.46. The van der Waals surface area contributed by atoms with Crippen molar-refractivity contribution in [1.82, 2.24) is 0 Å². The lowest BCUT2D eigenvalue weighted by Gasteiger charge is -2.43. The van der Waals surface area contributed by atoms with Crippen LogP contribution >= 0.6 is 22.6 Å². The second-order valence-electron chi connectivity index (χ2n) is 4.90. The lowest BCUT2D eigenvalue weighted by molar-refractivity contribution is -0.137. The first-order valence-electron chi connectivity index (χ1n) is 5.68. The first-order valence-corrected chi connectivity index (χ1v) is 6.93. The average molecular weight is 332 g/mol. The Kier molecular flexibility index (Phi) is 3.42. The highest BCUT2D eigenvalue weighted by Gasteiger charge is 2.42. The van der Waals surface area contributed by atoms with Crippen molar-refractivity contribution < 1.29 is 9.53 Å². The van der Waals surface area contributed by atoms with Crippen LogP contribution in [0.5, 0.6) is 0 Å². The van der Waals surface area contributed by atoms with Crippen LogP contribution in [0.2, 0.25) is 0 Å². The van der Waals surface area contributed by atoms with Crippen LogP contribution in [0, 0.1) is 11.3 Å². The van der Waals surface area contributed by atoms with Gasteiger partial charge in [-0.1, -0.05) is 47.7 Å². The summed E-state index contributed by atoms with van der Waals surface area (Å²) in [6.07, 6.45) is 9.68. The summed E-state index contributed by atoms with van der Waals surface area (Å²) in [5.74, 6) is 0.173. The fourth-order valence-electron chi connectivity index (χ4n) is 2.78. The molecule has 0 radical (unpaired) electrons. The van der Waals surface area contributed by atoms with Crippen LogP contribution in [-0.2, 0) is 9.53 Å². The average Bonchev–Trinajstić information content (AvgIpc) is 2.28. The number of methoxy groups -OCH3 is 1. The van der Waals surface area contributed by atoms with Crippen molar-refractivity contribution in [1.29, 1.82) is 0 Å². The molecule has 2 rings (SSSR count). The first-order chi connectivity index (χ1) is 7.57. The van der Waals surface area contributed by atoms with Crippen molar-refractivity contribution in [3.8, 4) is 0 Å². The molecule has 1 fully saturated rings. The van der Waals surface area contributed by atoms with Gasteiger partial charge in [0.05, 0.1) is 7.11 Å². The van der Waals surface area contributed by atoms with Crippen LogP contribution in [0.1, 0.15) is 26.2 Å². The van der Waals surface area contributed by atoms with E-state index in [0.717, 1.165) is 18.4 Å². The van der Waals surface area contributed by atoms with E-state index in [1.54, 1.807) is 0 Å². The molecular formula is C13H17IO2. The maximum Gasteiger partial charge on any atom is 0.334 e. The number of carbonyl (C=O) groups is 1. The molecule has 0 spiro atoms. The van der Waals surface area contributed by atoms with E-state index >= 15 is 0 Å². The summed E-state index contributed by atoms with van der Waals surface area (Å²) in [4.78, 5) is 11.7. The monoisotopic (exact) mass is 332 g/mol. The molecule has 2 aliphatic rings. The van der Waals surface area contributed by atoms with E-state index in [4.69, 9.17) is 4.74 Å². The predicted octanol–water partition coefficient (Wildman–Crippen LogP) is 3.27. The van der Waals surface area contributed by atoms with Crippen molar-refractivity contribution in [2.75, 3.05) is 7.11 Å². The van der Waals surface area contributed by atoms with Gasteiger partial charge in [0.1, 0.15) is 0 Å².